The molecule has 0 radical (unpaired) electrons. The van der Waals surface area contributed by atoms with Gasteiger partial charge in [-0.3, -0.25) is 9.74 Å². The van der Waals surface area contributed by atoms with Crippen molar-refractivity contribution in [1.29, 1.82) is 0 Å². The van der Waals surface area contributed by atoms with Crippen LogP contribution in [0, 0.1) is 5.92 Å². The van der Waals surface area contributed by atoms with Crippen LogP contribution in [0.2, 0.25) is 0 Å². The van der Waals surface area contributed by atoms with Gasteiger partial charge in [0.25, 0.3) is 0 Å². The second-order valence-corrected chi connectivity index (χ2v) is 2.03. The first-order valence-corrected chi connectivity index (χ1v) is 2.86. The average molecular weight is 147 g/mol. The molecular weight excluding hydrogens is 141 g/mol. The van der Waals surface area contributed by atoms with Crippen LogP contribution in [0.5, 0.6) is 0 Å². The SMILES string of the molecule is O=C1NCCC1C(=O)OF. The highest BCUT2D eigenvalue weighted by Crippen LogP contribution is 2.10. The van der Waals surface area contributed by atoms with Crippen LogP contribution in [0.25, 0.3) is 0 Å². The number of amides is 1. The molecule has 1 heterocycles. The van der Waals surface area contributed by atoms with Crippen molar-refractivity contribution in [2.24, 2.45) is 5.92 Å². The van der Waals surface area contributed by atoms with Gasteiger partial charge >= 0.3 is 5.97 Å². The normalized spacial score (nSPS) is 24.1. The van der Waals surface area contributed by atoms with E-state index in [-0.39, 0.29) is 0 Å². The largest absolute Gasteiger partial charge is 0.361 e. The summed E-state index contributed by atoms with van der Waals surface area (Å²) < 4.78 is 11.2. The van der Waals surface area contributed by atoms with Crippen molar-refractivity contribution in [3.63, 3.8) is 0 Å². The summed E-state index contributed by atoms with van der Waals surface area (Å²) in [7, 11) is 0. The van der Waals surface area contributed by atoms with Crippen LogP contribution in [0.1, 0.15) is 6.42 Å². The quantitative estimate of drug-likeness (QED) is 0.511. The van der Waals surface area contributed by atoms with Crippen molar-refractivity contribution in [3.8, 4) is 0 Å². The van der Waals surface area contributed by atoms with Crippen molar-refractivity contribution in [1.82, 2.24) is 5.32 Å². The molecule has 1 unspecified atom stereocenters. The van der Waals surface area contributed by atoms with E-state index >= 15 is 0 Å². The fourth-order valence-corrected chi connectivity index (χ4v) is 0.873. The van der Waals surface area contributed by atoms with Gasteiger partial charge in [-0.05, 0) is 6.42 Å². The minimum atomic E-state index is -1.10. The molecule has 56 valence electrons. The molecule has 1 aliphatic heterocycles. The van der Waals surface area contributed by atoms with Crippen LogP contribution < -0.4 is 5.32 Å². The van der Waals surface area contributed by atoms with Crippen LogP contribution >= 0.6 is 0 Å². The lowest BCUT2D eigenvalue weighted by molar-refractivity contribution is -0.188. The highest BCUT2D eigenvalue weighted by Gasteiger charge is 2.33. The number of rotatable bonds is 1. The minimum absolute atomic E-state index is 0.321. The number of hydrogen-bond donors (Lipinski definition) is 1. The van der Waals surface area contributed by atoms with Crippen molar-refractivity contribution < 1.29 is 19.1 Å². The molecule has 0 bridgehead atoms. The van der Waals surface area contributed by atoms with Crippen LogP contribution in [-0.2, 0) is 14.5 Å². The Morgan fingerprint density at radius 3 is 2.90 bits per heavy atom. The summed E-state index contributed by atoms with van der Waals surface area (Å²) in [6.45, 7) is 0.415. The Morgan fingerprint density at radius 2 is 2.50 bits per heavy atom. The summed E-state index contributed by atoms with van der Waals surface area (Å²) in [6, 6.07) is 0. The molecule has 0 aromatic rings. The Labute approximate surface area is 56.2 Å². The van der Waals surface area contributed by atoms with E-state index in [1.165, 1.54) is 0 Å². The number of carbonyl (C=O) groups is 2. The summed E-state index contributed by atoms with van der Waals surface area (Å²) in [6.07, 6.45) is 0.321. The summed E-state index contributed by atoms with van der Waals surface area (Å²) in [5.41, 5.74) is 0. The summed E-state index contributed by atoms with van der Waals surface area (Å²) >= 11 is 0. The van der Waals surface area contributed by atoms with Crippen molar-refractivity contribution in [2.45, 2.75) is 6.42 Å². The maximum Gasteiger partial charge on any atom is 0.361 e. The van der Waals surface area contributed by atoms with E-state index < -0.39 is 17.8 Å². The predicted octanol–water partition coefficient (Wildman–Crippen LogP) is -0.450. The first-order valence-electron chi connectivity index (χ1n) is 2.86. The van der Waals surface area contributed by atoms with Crippen LogP contribution in [0.3, 0.4) is 0 Å². The summed E-state index contributed by atoms with van der Waals surface area (Å²) in [5.74, 6) is -2.50. The number of carbonyl (C=O) groups excluding carboxylic acids is 2. The van der Waals surface area contributed by atoms with Gasteiger partial charge in [-0.15, -0.1) is 0 Å². The highest BCUT2D eigenvalue weighted by atomic mass is 19.3. The molecule has 1 atom stereocenters. The van der Waals surface area contributed by atoms with Gasteiger partial charge in [0.15, 0.2) is 0 Å². The van der Waals surface area contributed by atoms with Crippen LogP contribution in [-0.4, -0.2) is 18.4 Å². The van der Waals surface area contributed by atoms with Crippen molar-refractivity contribution in [3.05, 3.63) is 0 Å². The molecule has 10 heavy (non-hydrogen) atoms. The van der Waals surface area contributed by atoms with Crippen molar-refractivity contribution >= 4 is 11.9 Å². The van der Waals surface area contributed by atoms with Gasteiger partial charge in [0.1, 0.15) is 5.92 Å². The second kappa shape index (κ2) is 2.64. The molecule has 1 amide bonds. The van der Waals surface area contributed by atoms with E-state index in [2.05, 4.69) is 10.3 Å². The molecular formula is C5H6FNO3. The van der Waals surface area contributed by atoms with Crippen LogP contribution in [0.4, 0.5) is 4.53 Å². The standard InChI is InChI=1S/C5H6FNO3/c6-10-5(9)3-1-2-7-4(3)8/h3H,1-2H2,(H,7,8). The van der Waals surface area contributed by atoms with Gasteiger partial charge in [-0.2, -0.15) is 0 Å². The van der Waals surface area contributed by atoms with E-state index in [1.807, 2.05) is 0 Å². The Hall–Kier alpha value is -1.13. The lowest BCUT2D eigenvalue weighted by Crippen LogP contribution is -2.25. The van der Waals surface area contributed by atoms with Gasteiger partial charge in [-0.1, -0.05) is 0 Å². The number of nitrogens with one attached hydrogen (secondary N) is 1. The fourth-order valence-electron chi connectivity index (χ4n) is 0.873. The first kappa shape index (κ1) is 6.98. The molecule has 1 fully saturated rings. The zero-order valence-electron chi connectivity index (χ0n) is 5.09. The maximum atomic E-state index is 11.2. The zero-order valence-corrected chi connectivity index (χ0v) is 5.09. The maximum absolute atomic E-state index is 11.2. The molecule has 1 aliphatic rings. The third kappa shape index (κ3) is 1.07. The molecule has 0 saturated carbocycles. The second-order valence-electron chi connectivity index (χ2n) is 2.03. The molecule has 0 spiro atoms. The van der Waals surface area contributed by atoms with Gasteiger partial charge in [-0.25, -0.2) is 4.79 Å². The molecule has 1 saturated heterocycles. The van der Waals surface area contributed by atoms with Crippen LogP contribution in [0.15, 0.2) is 0 Å². The number of halogens is 1. The zero-order chi connectivity index (χ0) is 7.56. The van der Waals surface area contributed by atoms with E-state index in [0.29, 0.717) is 13.0 Å². The third-order valence-electron chi connectivity index (χ3n) is 1.41. The summed E-state index contributed by atoms with van der Waals surface area (Å²) in [4.78, 5) is 23.9. The Bertz CT molecular complexity index is 170. The van der Waals surface area contributed by atoms with Gasteiger partial charge in [0.05, 0.1) is 0 Å². The number of hydrogen-bond acceptors (Lipinski definition) is 3. The van der Waals surface area contributed by atoms with Gasteiger partial charge < -0.3 is 5.32 Å². The molecule has 0 aromatic heterocycles. The third-order valence-corrected chi connectivity index (χ3v) is 1.41. The minimum Gasteiger partial charge on any atom is -0.355 e. The van der Waals surface area contributed by atoms with E-state index in [0.717, 1.165) is 0 Å². The lowest BCUT2D eigenvalue weighted by atomic mass is 10.1. The molecule has 5 heteroatoms. The predicted molar refractivity (Wildman–Crippen MR) is 28.3 cm³/mol. The Morgan fingerprint density at radius 1 is 1.80 bits per heavy atom. The highest BCUT2D eigenvalue weighted by molar-refractivity contribution is 5.98. The molecule has 0 aromatic carbocycles. The van der Waals surface area contributed by atoms with E-state index in [1.54, 1.807) is 0 Å². The first-order chi connectivity index (χ1) is 4.75. The average Bonchev–Trinajstić information content (AvgIpc) is 2.34. The molecule has 4 nitrogen and oxygen atoms in total. The van der Waals surface area contributed by atoms with Gasteiger partial charge in [0.2, 0.25) is 5.91 Å². The molecule has 1 N–H and O–H groups in total. The summed E-state index contributed by atoms with van der Waals surface area (Å²) in [5, 5.41) is 2.38. The van der Waals surface area contributed by atoms with E-state index in [4.69, 9.17) is 0 Å². The molecule has 0 aliphatic carbocycles. The fraction of sp³-hybridized carbons (Fsp3) is 0.600. The van der Waals surface area contributed by atoms with Gasteiger partial charge in [0, 0.05) is 11.1 Å². The topological polar surface area (TPSA) is 55.4 Å². The Balaban J connectivity index is 2.55. The Kier molecular flexibility index (Phi) is 1.84. The lowest BCUT2D eigenvalue weighted by Gasteiger charge is -1.97. The monoisotopic (exact) mass is 147 g/mol. The van der Waals surface area contributed by atoms with Crippen molar-refractivity contribution in [2.75, 3.05) is 6.54 Å². The molecule has 1 rings (SSSR count). The smallest absolute Gasteiger partial charge is 0.355 e. The van der Waals surface area contributed by atoms with E-state index in [9.17, 15) is 14.1 Å².